The van der Waals surface area contributed by atoms with Crippen molar-refractivity contribution in [3.05, 3.63) is 24.6 Å². The van der Waals surface area contributed by atoms with Crippen LogP contribution in [0.4, 0.5) is 0 Å². The second kappa shape index (κ2) is 2.44. The minimum Gasteiger partial charge on any atom is -0.342 e. The molecule has 1 atom stereocenters. The Morgan fingerprint density at radius 1 is 1.89 bits per heavy atom. The SMILES string of the molecule is C=CC(C)c1cnno1. The minimum atomic E-state index is 0.208. The first-order valence-electron chi connectivity index (χ1n) is 2.74. The molecular formula is C6H8N2O. The molecule has 0 bridgehead atoms. The van der Waals surface area contributed by atoms with Crippen LogP contribution in [0.25, 0.3) is 0 Å². The van der Waals surface area contributed by atoms with Crippen molar-refractivity contribution in [1.82, 2.24) is 10.4 Å². The van der Waals surface area contributed by atoms with E-state index in [1.54, 1.807) is 12.3 Å². The molecule has 0 aliphatic rings. The van der Waals surface area contributed by atoms with E-state index < -0.39 is 0 Å². The lowest BCUT2D eigenvalue weighted by Crippen LogP contribution is -1.82. The fourth-order valence-corrected chi connectivity index (χ4v) is 0.492. The Bertz CT molecular complexity index is 181. The van der Waals surface area contributed by atoms with Crippen molar-refractivity contribution in [1.29, 1.82) is 0 Å². The average molecular weight is 124 g/mol. The lowest BCUT2D eigenvalue weighted by Gasteiger charge is -1.94. The van der Waals surface area contributed by atoms with Crippen molar-refractivity contribution in [2.75, 3.05) is 0 Å². The molecule has 0 N–H and O–H groups in total. The van der Waals surface area contributed by atoms with Crippen LogP contribution >= 0.6 is 0 Å². The monoisotopic (exact) mass is 124 g/mol. The fourth-order valence-electron chi connectivity index (χ4n) is 0.492. The summed E-state index contributed by atoms with van der Waals surface area (Å²) in [6.07, 6.45) is 3.37. The maximum atomic E-state index is 4.75. The molecule has 0 aliphatic carbocycles. The molecule has 3 heteroatoms. The third-order valence-electron chi connectivity index (χ3n) is 1.18. The van der Waals surface area contributed by atoms with E-state index in [1.807, 2.05) is 6.92 Å². The highest BCUT2D eigenvalue weighted by atomic mass is 16.5. The van der Waals surface area contributed by atoms with E-state index in [2.05, 4.69) is 16.9 Å². The van der Waals surface area contributed by atoms with Crippen LogP contribution in [0.2, 0.25) is 0 Å². The Balaban J connectivity index is 2.76. The molecule has 0 spiro atoms. The van der Waals surface area contributed by atoms with Gasteiger partial charge < -0.3 is 4.52 Å². The zero-order valence-electron chi connectivity index (χ0n) is 5.24. The summed E-state index contributed by atoms with van der Waals surface area (Å²) < 4.78 is 4.75. The zero-order valence-corrected chi connectivity index (χ0v) is 5.24. The lowest BCUT2D eigenvalue weighted by molar-refractivity contribution is 0.357. The molecule has 1 aromatic heterocycles. The highest BCUT2D eigenvalue weighted by Gasteiger charge is 2.03. The third-order valence-corrected chi connectivity index (χ3v) is 1.18. The largest absolute Gasteiger partial charge is 0.342 e. The molecule has 9 heavy (non-hydrogen) atoms. The lowest BCUT2D eigenvalue weighted by atomic mass is 10.1. The van der Waals surface area contributed by atoms with Crippen molar-refractivity contribution in [3.8, 4) is 0 Å². The predicted molar refractivity (Wildman–Crippen MR) is 32.9 cm³/mol. The first-order chi connectivity index (χ1) is 4.34. The summed E-state index contributed by atoms with van der Waals surface area (Å²) in [7, 11) is 0. The fraction of sp³-hybridized carbons (Fsp3) is 0.333. The summed E-state index contributed by atoms with van der Waals surface area (Å²) in [5.41, 5.74) is 0. The standard InChI is InChI=1S/C6H8N2O/c1-3-5(2)6-4-7-8-9-6/h3-5H,1H2,2H3. The topological polar surface area (TPSA) is 38.9 Å². The van der Waals surface area contributed by atoms with Crippen molar-refractivity contribution in [2.45, 2.75) is 12.8 Å². The highest BCUT2D eigenvalue weighted by Crippen LogP contribution is 2.12. The van der Waals surface area contributed by atoms with Crippen molar-refractivity contribution in [2.24, 2.45) is 0 Å². The summed E-state index contributed by atoms with van der Waals surface area (Å²) in [6.45, 7) is 5.57. The van der Waals surface area contributed by atoms with Crippen LogP contribution in [0.5, 0.6) is 0 Å². The van der Waals surface area contributed by atoms with Gasteiger partial charge in [0, 0.05) is 11.2 Å². The first kappa shape index (κ1) is 6.01. The zero-order chi connectivity index (χ0) is 6.69. The van der Waals surface area contributed by atoms with Gasteiger partial charge in [0.2, 0.25) is 0 Å². The molecule has 48 valence electrons. The first-order valence-corrected chi connectivity index (χ1v) is 2.74. The summed E-state index contributed by atoms with van der Waals surface area (Å²) in [5, 5.41) is 6.85. The molecule has 0 saturated heterocycles. The Kier molecular flexibility index (Phi) is 1.63. The van der Waals surface area contributed by atoms with Gasteiger partial charge in [-0.15, -0.1) is 11.7 Å². The van der Waals surface area contributed by atoms with Gasteiger partial charge in [-0.2, -0.15) is 0 Å². The Morgan fingerprint density at radius 2 is 2.67 bits per heavy atom. The predicted octanol–water partition coefficient (Wildman–Crippen LogP) is 1.36. The minimum absolute atomic E-state index is 0.208. The molecule has 1 unspecified atom stereocenters. The van der Waals surface area contributed by atoms with Gasteiger partial charge >= 0.3 is 0 Å². The maximum Gasteiger partial charge on any atom is 0.163 e. The number of nitrogens with zero attached hydrogens (tertiary/aromatic N) is 2. The van der Waals surface area contributed by atoms with Gasteiger partial charge in [-0.05, 0) is 0 Å². The molecule has 1 rings (SSSR count). The molecule has 1 heterocycles. The average Bonchev–Trinajstić information content (AvgIpc) is 2.37. The highest BCUT2D eigenvalue weighted by molar-refractivity contribution is 5.02. The molecule has 0 saturated carbocycles. The smallest absolute Gasteiger partial charge is 0.163 e. The van der Waals surface area contributed by atoms with E-state index in [4.69, 9.17) is 4.52 Å². The number of rotatable bonds is 2. The van der Waals surface area contributed by atoms with Crippen LogP contribution in [0.1, 0.15) is 18.6 Å². The third kappa shape index (κ3) is 1.16. The van der Waals surface area contributed by atoms with Crippen LogP contribution in [-0.2, 0) is 0 Å². The number of allylic oxidation sites excluding steroid dienone is 1. The van der Waals surface area contributed by atoms with Crippen molar-refractivity contribution < 1.29 is 4.52 Å². The van der Waals surface area contributed by atoms with Crippen LogP contribution in [0.15, 0.2) is 23.4 Å². The van der Waals surface area contributed by atoms with Crippen LogP contribution < -0.4 is 0 Å². The maximum absolute atomic E-state index is 4.75. The van der Waals surface area contributed by atoms with Crippen LogP contribution in [0, 0.1) is 0 Å². The van der Waals surface area contributed by atoms with Gasteiger partial charge in [0.1, 0.15) is 0 Å². The number of aromatic nitrogens is 2. The van der Waals surface area contributed by atoms with Gasteiger partial charge in [-0.1, -0.05) is 13.0 Å². The van der Waals surface area contributed by atoms with Gasteiger partial charge in [-0.3, -0.25) is 0 Å². The Labute approximate surface area is 53.4 Å². The van der Waals surface area contributed by atoms with Crippen LogP contribution in [-0.4, -0.2) is 10.4 Å². The summed E-state index contributed by atoms with van der Waals surface area (Å²) in [5.74, 6) is 0.963. The molecule has 1 aromatic rings. The number of hydrogen-bond acceptors (Lipinski definition) is 3. The van der Waals surface area contributed by atoms with E-state index in [0.29, 0.717) is 0 Å². The molecule has 0 amide bonds. The molecule has 0 radical (unpaired) electrons. The van der Waals surface area contributed by atoms with E-state index in [9.17, 15) is 0 Å². The Hall–Kier alpha value is -1.12. The second-order valence-electron chi connectivity index (χ2n) is 1.84. The van der Waals surface area contributed by atoms with Crippen LogP contribution in [0.3, 0.4) is 0 Å². The van der Waals surface area contributed by atoms with E-state index in [-0.39, 0.29) is 5.92 Å². The Morgan fingerprint density at radius 3 is 3.11 bits per heavy atom. The van der Waals surface area contributed by atoms with E-state index in [1.165, 1.54) is 0 Å². The van der Waals surface area contributed by atoms with Gasteiger partial charge in [-0.25, -0.2) is 0 Å². The van der Waals surface area contributed by atoms with E-state index in [0.717, 1.165) is 5.76 Å². The molecule has 0 aliphatic heterocycles. The quantitative estimate of drug-likeness (QED) is 0.559. The van der Waals surface area contributed by atoms with Gasteiger partial charge in [0.15, 0.2) is 5.76 Å². The second-order valence-corrected chi connectivity index (χ2v) is 1.84. The molecule has 0 fully saturated rings. The van der Waals surface area contributed by atoms with E-state index >= 15 is 0 Å². The summed E-state index contributed by atoms with van der Waals surface area (Å²) in [6, 6.07) is 0. The van der Waals surface area contributed by atoms with Crippen molar-refractivity contribution >= 4 is 0 Å². The van der Waals surface area contributed by atoms with Gasteiger partial charge in [0.05, 0.1) is 6.20 Å². The normalized spacial score (nSPS) is 13.0. The molecule has 0 aromatic carbocycles. The summed E-state index contributed by atoms with van der Waals surface area (Å²) >= 11 is 0. The number of hydrogen-bond donors (Lipinski definition) is 0. The summed E-state index contributed by atoms with van der Waals surface area (Å²) in [4.78, 5) is 0. The van der Waals surface area contributed by atoms with Gasteiger partial charge in [0.25, 0.3) is 0 Å². The van der Waals surface area contributed by atoms with Crippen molar-refractivity contribution in [3.63, 3.8) is 0 Å². The molecule has 3 nitrogen and oxygen atoms in total. The molecular weight excluding hydrogens is 116 g/mol.